The second-order valence-corrected chi connectivity index (χ2v) is 6.42. The minimum Gasteiger partial charge on any atom is -0.468 e. The number of hydrogen-bond donors (Lipinski definition) is 1. The number of nitrogens with two attached hydrogens (primary N) is 1. The van der Waals surface area contributed by atoms with Gasteiger partial charge in [0.25, 0.3) is 0 Å². The second-order valence-electron chi connectivity index (χ2n) is 6.42. The Bertz CT molecular complexity index is 326. The molecule has 0 aromatic rings. The molecule has 1 saturated heterocycles. The summed E-state index contributed by atoms with van der Waals surface area (Å²) in [6.07, 6.45) is 1.73. The number of carbonyl (C=O) groups excluding carboxylic acids is 1. The van der Waals surface area contributed by atoms with Crippen molar-refractivity contribution in [3.8, 4) is 6.07 Å². The normalized spacial score (nSPS) is 24.7. The van der Waals surface area contributed by atoms with Gasteiger partial charge in [0.2, 0.25) is 0 Å². The number of hydrogen-bond acceptors (Lipinski definition) is 3. The lowest BCUT2D eigenvalue weighted by Gasteiger charge is -2.43. The monoisotopic (exact) mass is 239 g/mol. The molecule has 0 saturated carbocycles. The Balaban J connectivity index is 2.90. The molecule has 0 spiro atoms. The highest BCUT2D eigenvalue weighted by molar-refractivity contribution is 5.75. The van der Waals surface area contributed by atoms with E-state index < -0.39 is 11.9 Å². The van der Waals surface area contributed by atoms with Crippen molar-refractivity contribution in [1.82, 2.24) is 0 Å². The Morgan fingerprint density at radius 2 is 1.82 bits per heavy atom. The number of carbonyl (C=O) groups is 1. The van der Waals surface area contributed by atoms with Gasteiger partial charge < -0.3 is 10.1 Å². The van der Waals surface area contributed by atoms with Crippen LogP contribution in [0.25, 0.3) is 0 Å². The second kappa shape index (κ2) is 4.66. The van der Waals surface area contributed by atoms with E-state index in [4.69, 9.17) is 10.00 Å². The summed E-state index contributed by atoms with van der Waals surface area (Å²) in [5.74, 6) is -0.944. The van der Waals surface area contributed by atoms with E-state index in [9.17, 15) is 4.79 Å². The summed E-state index contributed by atoms with van der Waals surface area (Å²) in [5.41, 5.74) is 0.130. The van der Waals surface area contributed by atoms with Crippen LogP contribution in [0.5, 0.6) is 0 Å². The van der Waals surface area contributed by atoms with Crippen molar-refractivity contribution >= 4 is 5.97 Å². The zero-order valence-corrected chi connectivity index (χ0v) is 11.4. The maximum Gasteiger partial charge on any atom is 0.323 e. The minimum absolute atomic E-state index is 0.0650. The van der Waals surface area contributed by atoms with Crippen LogP contribution in [0.1, 0.15) is 40.5 Å². The van der Waals surface area contributed by atoms with E-state index in [0.29, 0.717) is 0 Å². The molecule has 1 heterocycles. The number of rotatable bonds is 2. The maximum absolute atomic E-state index is 11.6. The summed E-state index contributed by atoms with van der Waals surface area (Å²) >= 11 is 0. The van der Waals surface area contributed by atoms with Gasteiger partial charge in [0, 0.05) is 12.8 Å². The molecule has 0 aliphatic carbocycles. The Morgan fingerprint density at radius 3 is 2.18 bits per heavy atom. The molecule has 2 N–H and O–H groups in total. The van der Waals surface area contributed by atoms with Crippen LogP contribution in [0.3, 0.4) is 0 Å². The molecule has 4 nitrogen and oxygen atoms in total. The van der Waals surface area contributed by atoms with Crippen LogP contribution in [0.2, 0.25) is 0 Å². The highest BCUT2D eigenvalue weighted by Crippen LogP contribution is 2.32. The van der Waals surface area contributed by atoms with Crippen LogP contribution in [-0.2, 0) is 9.53 Å². The molecule has 0 amide bonds. The van der Waals surface area contributed by atoms with Crippen molar-refractivity contribution in [3.63, 3.8) is 0 Å². The first-order valence-electron chi connectivity index (χ1n) is 6.05. The standard InChI is InChI=1S/C13H22N2O2/c1-12(2)6-9(7-13(3,4)15-12)10(8-14)11(16)17-5/h9-10,15H,6-7H2,1-5H3/p+1. The van der Waals surface area contributed by atoms with Gasteiger partial charge in [-0.15, -0.1) is 0 Å². The molecule has 1 rings (SSSR count). The lowest BCUT2D eigenvalue weighted by atomic mass is 9.71. The molecule has 0 aromatic carbocycles. The molecule has 1 atom stereocenters. The average molecular weight is 239 g/mol. The van der Waals surface area contributed by atoms with E-state index in [2.05, 4.69) is 39.1 Å². The molecular formula is C13H23N2O2+. The van der Waals surface area contributed by atoms with E-state index in [-0.39, 0.29) is 17.0 Å². The van der Waals surface area contributed by atoms with Gasteiger partial charge in [-0.3, -0.25) is 4.79 Å². The van der Waals surface area contributed by atoms with Crippen molar-refractivity contribution < 1.29 is 14.8 Å². The number of nitrogens with zero attached hydrogens (tertiary/aromatic N) is 1. The molecule has 1 fully saturated rings. The number of ether oxygens (including phenoxy) is 1. The zero-order valence-electron chi connectivity index (χ0n) is 11.4. The number of methoxy groups -OCH3 is 1. The molecule has 96 valence electrons. The summed E-state index contributed by atoms with van der Waals surface area (Å²) in [4.78, 5) is 11.6. The van der Waals surface area contributed by atoms with Crippen molar-refractivity contribution in [2.24, 2.45) is 11.8 Å². The molecule has 4 heteroatoms. The first-order chi connectivity index (χ1) is 7.71. The lowest BCUT2D eigenvalue weighted by molar-refractivity contribution is -0.790. The molecule has 0 aromatic heterocycles. The molecule has 0 radical (unpaired) electrons. The Hall–Kier alpha value is -1.08. The smallest absolute Gasteiger partial charge is 0.323 e. The van der Waals surface area contributed by atoms with Gasteiger partial charge in [0.1, 0.15) is 5.92 Å². The van der Waals surface area contributed by atoms with Crippen molar-refractivity contribution in [2.45, 2.75) is 51.6 Å². The van der Waals surface area contributed by atoms with Gasteiger partial charge in [-0.1, -0.05) is 0 Å². The van der Waals surface area contributed by atoms with Crippen LogP contribution in [0, 0.1) is 23.2 Å². The third kappa shape index (κ3) is 3.44. The van der Waals surface area contributed by atoms with Gasteiger partial charge in [-0.25, -0.2) is 0 Å². The fraction of sp³-hybridized carbons (Fsp3) is 0.846. The van der Waals surface area contributed by atoms with Gasteiger partial charge in [0.05, 0.1) is 24.3 Å². The van der Waals surface area contributed by atoms with E-state index in [0.717, 1.165) is 12.8 Å². The van der Waals surface area contributed by atoms with Gasteiger partial charge in [0.15, 0.2) is 0 Å². The Labute approximate surface area is 103 Å². The summed E-state index contributed by atoms with van der Waals surface area (Å²) in [7, 11) is 1.35. The third-order valence-corrected chi connectivity index (χ3v) is 3.42. The van der Waals surface area contributed by atoms with Gasteiger partial charge in [-0.2, -0.15) is 5.26 Å². The van der Waals surface area contributed by atoms with Crippen LogP contribution >= 0.6 is 0 Å². The fourth-order valence-electron chi connectivity index (χ4n) is 3.31. The lowest BCUT2D eigenvalue weighted by Crippen LogP contribution is -3.05. The predicted octanol–water partition coefficient (Wildman–Crippen LogP) is 0.830. The first kappa shape index (κ1) is 14.0. The largest absolute Gasteiger partial charge is 0.468 e. The third-order valence-electron chi connectivity index (χ3n) is 3.42. The summed E-state index contributed by atoms with van der Waals surface area (Å²) < 4.78 is 4.72. The highest BCUT2D eigenvalue weighted by atomic mass is 16.5. The number of nitriles is 1. The number of piperidine rings is 1. The minimum atomic E-state index is -0.632. The molecule has 17 heavy (non-hydrogen) atoms. The van der Waals surface area contributed by atoms with Crippen LogP contribution in [0.15, 0.2) is 0 Å². The predicted molar refractivity (Wildman–Crippen MR) is 63.9 cm³/mol. The maximum atomic E-state index is 11.6. The molecule has 0 bridgehead atoms. The van der Waals surface area contributed by atoms with E-state index in [1.54, 1.807) is 0 Å². The van der Waals surface area contributed by atoms with Crippen LogP contribution in [0.4, 0.5) is 0 Å². The SMILES string of the molecule is COC(=O)C(C#N)C1CC(C)(C)[NH2+]C(C)(C)C1. The zero-order chi connectivity index (χ0) is 13.3. The fourth-order valence-corrected chi connectivity index (χ4v) is 3.31. The number of esters is 1. The summed E-state index contributed by atoms with van der Waals surface area (Å²) in [6, 6.07) is 2.11. The summed E-state index contributed by atoms with van der Waals surface area (Å²) in [6.45, 7) is 8.64. The molecule has 1 aliphatic heterocycles. The summed E-state index contributed by atoms with van der Waals surface area (Å²) in [5, 5.41) is 11.5. The molecule has 1 aliphatic rings. The Morgan fingerprint density at radius 1 is 1.35 bits per heavy atom. The highest BCUT2D eigenvalue weighted by Gasteiger charge is 2.46. The van der Waals surface area contributed by atoms with Crippen LogP contribution in [-0.4, -0.2) is 24.2 Å². The first-order valence-corrected chi connectivity index (χ1v) is 6.05. The van der Waals surface area contributed by atoms with Crippen molar-refractivity contribution in [3.05, 3.63) is 0 Å². The molecule has 1 unspecified atom stereocenters. The quantitative estimate of drug-likeness (QED) is 0.726. The number of quaternary nitrogens is 1. The topological polar surface area (TPSA) is 66.7 Å². The van der Waals surface area contributed by atoms with Gasteiger partial charge in [-0.05, 0) is 33.6 Å². The van der Waals surface area contributed by atoms with E-state index in [1.165, 1.54) is 7.11 Å². The van der Waals surface area contributed by atoms with E-state index >= 15 is 0 Å². The van der Waals surface area contributed by atoms with E-state index in [1.807, 2.05) is 0 Å². The Kier molecular flexibility index (Phi) is 3.83. The average Bonchev–Trinajstić information content (AvgIpc) is 2.13. The van der Waals surface area contributed by atoms with Crippen molar-refractivity contribution in [2.75, 3.05) is 7.11 Å². The molecular weight excluding hydrogens is 216 g/mol. The van der Waals surface area contributed by atoms with Crippen molar-refractivity contribution in [1.29, 1.82) is 5.26 Å². The van der Waals surface area contributed by atoms with Crippen LogP contribution < -0.4 is 5.32 Å². The van der Waals surface area contributed by atoms with Gasteiger partial charge >= 0.3 is 5.97 Å².